The second-order valence-corrected chi connectivity index (χ2v) is 3.89. The Morgan fingerprint density at radius 3 is 2.67 bits per heavy atom. The van der Waals surface area contributed by atoms with E-state index >= 15 is 0 Å². The molecule has 0 bridgehead atoms. The number of anilines is 2. The van der Waals surface area contributed by atoms with E-state index in [1.54, 1.807) is 0 Å². The molecule has 0 saturated heterocycles. The quantitative estimate of drug-likeness (QED) is 0.735. The second kappa shape index (κ2) is 4.46. The lowest BCUT2D eigenvalue weighted by atomic mass is 10.1. The minimum atomic E-state index is 0.242. The molecule has 18 heavy (non-hydrogen) atoms. The van der Waals surface area contributed by atoms with Gasteiger partial charge >= 0.3 is 6.01 Å². The van der Waals surface area contributed by atoms with Crippen LogP contribution in [0, 0.1) is 0 Å². The molecule has 90 valence electrons. The van der Waals surface area contributed by atoms with E-state index in [1.807, 2.05) is 30.3 Å². The SMILES string of the molecule is NCc1nnc(Nc2ccc3ccccc3c2)o1. The zero-order valence-electron chi connectivity index (χ0n) is 9.63. The van der Waals surface area contributed by atoms with Crippen LogP contribution in [0.5, 0.6) is 0 Å². The van der Waals surface area contributed by atoms with E-state index < -0.39 is 0 Å². The molecular weight excluding hydrogens is 228 g/mol. The van der Waals surface area contributed by atoms with Gasteiger partial charge in [-0.25, -0.2) is 0 Å². The fourth-order valence-electron chi connectivity index (χ4n) is 1.78. The molecule has 0 spiro atoms. The molecule has 0 radical (unpaired) electrons. The molecule has 2 aromatic carbocycles. The lowest BCUT2D eigenvalue weighted by Gasteiger charge is -2.03. The van der Waals surface area contributed by atoms with Crippen LogP contribution in [0.4, 0.5) is 11.7 Å². The van der Waals surface area contributed by atoms with Crippen LogP contribution in [0.15, 0.2) is 46.9 Å². The third-order valence-corrected chi connectivity index (χ3v) is 2.64. The van der Waals surface area contributed by atoms with Crippen LogP contribution in [0.1, 0.15) is 5.89 Å². The van der Waals surface area contributed by atoms with Gasteiger partial charge in [0.1, 0.15) is 0 Å². The highest BCUT2D eigenvalue weighted by molar-refractivity contribution is 5.86. The number of aromatic nitrogens is 2. The molecule has 5 nitrogen and oxygen atoms in total. The van der Waals surface area contributed by atoms with Crippen molar-refractivity contribution < 1.29 is 4.42 Å². The zero-order valence-corrected chi connectivity index (χ0v) is 9.63. The molecule has 0 unspecified atom stereocenters. The van der Waals surface area contributed by atoms with Gasteiger partial charge in [-0.3, -0.25) is 0 Å². The van der Waals surface area contributed by atoms with E-state index in [0.29, 0.717) is 11.9 Å². The number of benzene rings is 2. The van der Waals surface area contributed by atoms with E-state index in [1.165, 1.54) is 5.39 Å². The normalized spacial score (nSPS) is 10.7. The van der Waals surface area contributed by atoms with Gasteiger partial charge in [0.25, 0.3) is 0 Å². The standard InChI is InChI=1S/C13H12N4O/c14-8-12-16-17-13(18-12)15-11-6-5-9-3-1-2-4-10(9)7-11/h1-7H,8,14H2,(H,15,17). The van der Waals surface area contributed by atoms with Crippen molar-refractivity contribution in [2.75, 3.05) is 5.32 Å². The summed E-state index contributed by atoms with van der Waals surface area (Å²) in [5, 5.41) is 13.0. The van der Waals surface area contributed by atoms with E-state index in [4.69, 9.17) is 10.2 Å². The maximum Gasteiger partial charge on any atom is 0.320 e. The van der Waals surface area contributed by atoms with Crippen molar-refractivity contribution in [2.45, 2.75) is 6.54 Å². The van der Waals surface area contributed by atoms with E-state index in [9.17, 15) is 0 Å². The van der Waals surface area contributed by atoms with E-state index in [-0.39, 0.29) is 6.54 Å². The van der Waals surface area contributed by atoms with Gasteiger partial charge < -0.3 is 15.5 Å². The zero-order chi connectivity index (χ0) is 12.4. The Balaban J connectivity index is 1.90. The fourth-order valence-corrected chi connectivity index (χ4v) is 1.78. The summed E-state index contributed by atoms with van der Waals surface area (Å²) in [4.78, 5) is 0. The number of rotatable bonds is 3. The Labute approximate surface area is 104 Å². The highest BCUT2D eigenvalue weighted by Gasteiger charge is 2.04. The van der Waals surface area contributed by atoms with Crippen molar-refractivity contribution >= 4 is 22.5 Å². The Bertz CT molecular complexity index is 677. The Morgan fingerprint density at radius 1 is 1.06 bits per heavy atom. The summed E-state index contributed by atoms with van der Waals surface area (Å²) < 4.78 is 5.29. The molecular formula is C13H12N4O. The van der Waals surface area contributed by atoms with Gasteiger partial charge in [0.15, 0.2) is 0 Å². The summed E-state index contributed by atoms with van der Waals surface area (Å²) in [6.45, 7) is 0.242. The van der Waals surface area contributed by atoms with E-state index in [2.05, 4.69) is 27.6 Å². The first-order chi connectivity index (χ1) is 8.85. The molecule has 0 aliphatic heterocycles. The first-order valence-electron chi connectivity index (χ1n) is 5.63. The minimum Gasteiger partial charge on any atom is -0.406 e. The second-order valence-electron chi connectivity index (χ2n) is 3.89. The van der Waals surface area contributed by atoms with Gasteiger partial charge in [0.2, 0.25) is 5.89 Å². The molecule has 0 aliphatic rings. The number of nitrogens with zero attached hydrogens (tertiary/aromatic N) is 2. The summed E-state index contributed by atoms with van der Waals surface area (Å²) in [5.74, 6) is 0.415. The number of hydrogen-bond donors (Lipinski definition) is 2. The van der Waals surface area contributed by atoms with Crippen LogP contribution in [0.3, 0.4) is 0 Å². The lowest BCUT2D eigenvalue weighted by molar-refractivity contribution is 0.511. The monoisotopic (exact) mass is 240 g/mol. The predicted molar refractivity (Wildman–Crippen MR) is 69.4 cm³/mol. The van der Waals surface area contributed by atoms with Gasteiger partial charge in [-0.05, 0) is 22.9 Å². The van der Waals surface area contributed by atoms with Crippen molar-refractivity contribution in [1.82, 2.24) is 10.2 Å². The van der Waals surface area contributed by atoms with Crippen LogP contribution >= 0.6 is 0 Å². The predicted octanol–water partition coefficient (Wildman–Crippen LogP) is 2.43. The Hall–Kier alpha value is -2.40. The van der Waals surface area contributed by atoms with Gasteiger partial charge in [0.05, 0.1) is 6.54 Å². The van der Waals surface area contributed by atoms with Crippen molar-refractivity contribution in [3.8, 4) is 0 Å². The number of hydrogen-bond acceptors (Lipinski definition) is 5. The molecule has 3 N–H and O–H groups in total. The molecule has 3 aromatic rings. The highest BCUT2D eigenvalue weighted by Crippen LogP contribution is 2.21. The van der Waals surface area contributed by atoms with E-state index in [0.717, 1.165) is 11.1 Å². The van der Waals surface area contributed by atoms with Crippen LogP contribution in [0.25, 0.3) is 10.8 Å². The summed E-state index contributed by atoms with van der Waals surface area (Å²) in [7, 11) is 0. The largest absolute Gasteiger partial charge is 0.406 e. The van der Waals surface area contributed by atoms with Crippen LogP contribution < -0.4 is 11.1 Å². The van der Waals surface area contributed by atoms with Crippen molar-refractivity contribution in [3.63, 3.8) is 0 Å². The molecule has 5 heteroatoms. The molecule has 0 saturated carbocycles. The van der Waals surface area contributed by atoms with Crippen LogP contribution in [-0.2, 0) is 6.54 Å². The maximum absolute atomic E-state index is 5.41. The van der Waals surface area contributed by atoms with Gasteiger partial charge in [-0.1, -0.05) is 35.4 Å². The first-order valence-corrected chi connectivity index (χ1v) is 5.63. The average molecular weight is 240 g/mol. The fraction of sp³-hybridized carbons (Fsp3) is 0.0769. The van der Waals surface area contributed by atoms with Crippen molar-refractivity contribution in [3.05, 3.63) is 48.4 Å². The molecule has 3 rings (SSSR count). The summed E-state index contributed by atoms with van der Waals surface area (Å²) in [5.41, 5.74) is 6.31. The Morgan fingerprint density at radius 2 is 1.89 bits per heavy atom. The molecule has 0 amide bonds. The third-order valence-electron chi connectivity index (χ3n) is 2.64. The van der Waals surface area contributed by atoms with Gasteiger partial charge in [-0.2, -0.15) is 0 Å². The smallest absolute Gasteiger partial charge is 0.320 e. The molecule has 0 aliphatic carbocycles. The molecule has 1 aromatic heterocycles. The summed E-state index contributed by atoms with van der Waals surface area (Å²) >= 11 is 0. The lowest BCUT2D eigenvalue weighted by Crippen LogP contribution is -1.95. The maximum atomic E-state index is 5.41. The van der Waals surface area contributed by atoms with Crippen LogP contribution in [0.2, 0.25) is 0 Å². The molecule has 0 atom stereocenters. The highest BCUT2D eigenvalue weighted by atomic mass is 16.4. The molecule has 0 fully saturated rings. The minimum absolute atomic E-state index is 0.242. The first kappa shape index (κ1) is 10.7. The number of nitrogens with two attached hydrogens (primary N) is 1. The Kier molecular flexibility index (Phi) is 2.66. The van der Waals surface area contributed by atoms with Crippen LogP contribution in [-0.4, -0.2) is 10.2 Å². The third kappa shape index (κ3) is 2.03. The van der Waals surface area contributed by atoms with Gasteiger partial charge in [0, 0.05) is 5.69 Å². The topological polar surface area (TPSA) is 77.0 Å². The summed E-state index contributed by atoms with van der Waals surface area (Å²) in [6.07, 6.45) is 0. The number of nitrogens with one attached hydrogen (secondary N) is 1. The molecule has 1 heterocycles. The average Bonchev–Trinajstić information content (AvgIpc) is 2.86. The van der Waals surface area contributed by atoms with Crippen molar-refractivity contribution in [2.24, 2.45) is 5.73 Å². The van der Waals surface area contributed by atoms with Gasteiger partial charge in [-0.15, -0.1) is 5.10 Å². The number of fused-ring (bicyclic) bond motifs is 1. The summed E-state index contributed by atoms with van der Waals surface area (Å²) in [6, 6.07) is 14.5. The van der Waals surface area contributed by atoms with Crippen molar-refractivity contribution in [1.29, 1.82) is 0 Å².